The van der Waals surface area contributed by atoms with Gasteiger partial charge in [0.05, 0.1) is 11.0 Å². The van der Waals surface area contributed by atoms with Crippen molar-refractivity contribution in [3.8, 4) is 0 Å². The van der Waals surface area contributed by atoms with E-state index < -0.39 is 11.7 Å². The summed E-state index contributed by atoms with van der Waals surface area (Å²) in [6.07, 6.45) is -0.884. The number of halogens is 4. The second kappa shape index (κ2) is 7.31. The average molecular weight is 363 g/mol. The molecule has 1 N–H and O–H groups in total. The van der Waals surface area contributed by atoms with Crippen LogP contribution in [0.15, 0.2) is 24.3 Å². The lowest BCUT2D eigenvalue weighted by molar-refractivity contribution is -0.149. The van der Waals surface area contributed by atoms with Gasteiger partial charge in [-0.1, -0.05) is 12.1 Å². The Bertz CT molecular complexity index is 580. The first-order chi connectivity index (χ1) is 10.9. The number of nitrogens with zero attached hydrogens (tertiary/aromatic N) is 1. The number of carbonyl (C=O) groups is 1. The van der Waals surface area contributed by atoms with Gasteiger partial charge in [0.25, 0.3) is 0 Å². The fourth-order valence-corrected chi connectivity index (χ4v) is 3.74. The summed E-state index contributed by atoms with van der Waals surface area (Å²) in [6, 6.07) is 5.28. The maximum Gasteiger partial charge on any atom is 0.416 e. The SMILES string of the molecule is Cl.O=C1N(Cc2cccc(C(F)(F)F)c2)CCCC12CCNCC2. The summed E-state index contributed by atoms with van der Waals surface area (Å²) in [5.41, 5.74) is -0.416. The lowest BCUT2D eigenvalue weighted by Gasteiger charge is -2.44. The molecule has 2 aliphatic heterocycles. The minimum absolute atomic E-state index is 0. The Hall–Kier alpha value is -1.27. The van der Waals surface area contributed by atoms with E-state index >= 15 is 0 Å². The Balaban J connectivity index is 0.00000208. The van der Waals surface area contributed by atoms with Crippen LogP contribution >= 0.6 is 12.4 Å². The van der Waals surface area contributed by atoms with Crippen molar-refractivity contribution in [3.63, 3.8) is 0 Å². The lowest BCUT2D eigenvalue weighted by Crippen LogP contribution is -2.52. The van der Waals surface area contributed by atoms with Crippen LogP contribution in [0, 0.1) is 5.41 Å². The fourth-order valence-electron chi connectivity index (χ4n) is 3.74. The Kier molecular flexibility index (Phi) is 5.81. The van der Waals surface area contributed by atoms with Crippen LogP contribution in [0.2, 0.25) is 0 Å². The molecule has 134 valence electrons. The lowest BCUT2D eigenvalue weighted by atomic mass is 9.72. The quantitative estimate of drug-likeness (QED) is 0.871. The van der Waals surface area contributed by atoms with E-state index in [1.807, 2.05) is 0 Å². The molecule has 1 spiro atoms. The molecule has 2 fully saturated rings. The van der Waals surface area contributed by atoms with Gasteiger partial charge in [0.2, 0.25) is 5.91 Å². The van der Waals surface area contributed by atoms with Crippen LogP contribution in [-0.4, -0.2) is 30.4 Å². The van der Waals surface area contributed by atoms with Gasteiger partial charge in [-0.05, 0) is 56.5 Å². The summed E-state index contributed by atoms with van der Waals surface area (Å²) in [5.74, 6) is 0.114. The molecule has 0 aromatic heterocycles. The van der Waals surface area contributed by atoms with Crippen molar-refractivity contribution >= 4 is 18.3 Å². The summed E-state index contributed by atoms with van der Waals surface area (Å²) in [5, 5.41) is 3.27. The van der Waals surface area contributed by atoms with E-state index in [-0.39, 0.29) is 30.3 Å². The molecule has 0 saturated carbocycles. The summed E-state index contributed by atoms with van der Waals surface area (Å²) >= 11 is 0. The number of benzene rings is 1. The molecule has 0 unspecified atom stereocenters. The van der Waals surface area contributed by atoms with Gasteiger partial charge in [-0.15, -0.1) is 12.4 Å². The van der Waals surface area contributed by atoms with Gasteiger partial charge in [0.1, 0.15) is 0 Å². The zero-order valence-corrected chi connectivity index (χ0v) is 14.2. The van der Waals surface area contributed by atoms with Gasteiger partial charge in [0, 0.05) is 13.1 Å². The molecule has 1 aromatic rings. The predicted molar refractivity (Wildman–Crippen MR) is 87.9 cm³/mol. The third kappa shape index (κ3) is 3.86. The monoisotopic (exact) mass is 362 g/mol. The van der Waals surface area contributed by atoms with Crippen LogP contribution in [0.1, 0.15) is 36.8 Å². The van der Waals surface area contributed by atoms with E-state index in [0.29, 0.717) is 12.1 Å². The molecule has 1 aromatic carbocycles. The van der Waals surface area contributed by atoms with Crippen molar-refractivity contribution in [2.24, 2.45) is 5.41 Å². The molecule has 24 heavy (non-hydrogen) atoms. The predicted octanol–water partition coefficient (Wildman–Crippen LogP) is 3.62. The first-order valence-electron chi connectivity index (χ1n) is 8.07. The summed E-state index contributed by atoms with van der Waals surface area (Å²) in [4.78, 5) is 14.6. The van der Waals surface area contributed by atoms with Gasteiger partial charge in [-0.25, -0.2) is 0 Å². The summed E-state index contributed by atoms with van der Waals surface area (Å²) in [7, 11) is 0. The van der Waals surface area contributed by atoms with E-state index in [4.69, 9.17) is 0 Å². The smallest absolute Gasteiger partial charge is 0.338 e. The molecule has 7 heteroatoms. The van der Waals surface area contributed by atoms with Gasteiger partial charge in [-0.3, -0.25) is 4.79 Å². The highest BCUT2D eigenvalue weighted by Gasteiger charge is 2.44. The Labute approximate surface area is 146 Å². The van der Waals surface area contributed by atoms with Crippen LogP contribution in [0.5, 0.6) is 0 Å². The van der Waals surface area contributed by atoms with Crippen molar-refractivity contribution in [3.05, 3.63) is 35.4 Å². The fraction of sp³-hybridized carbons (Fsp3) is 0.588. The zero-order valence-electron chi connectivity index (χ0n) is 13.4. The van der Waals surface area contributed by atoms with Gasteiger partial charge < -0.3 is 10.2 Å². The summed E-state index contributed by atoms with van der Waals surface area (Å²) in [6.45, 7) is 2.56. The van der Waals surface area contributed by atoms with E-state index in [9.17, 15) is 18.0 Å². The Morgan fingerprint density at radius 3 is 2.54 bits per heavy atom. The van der Waals surface area contributed by atoms with Crippen LogP contribution < -0.4 is 5.32 Å². The van der Waals surface area contributed by atoms with Gasteiger partial charge in [-0.2, -0.15) is 13.2 Å². The number of nitrogens with one attached hydrogen (secondary N) is 1. The van der Waals surface area contributed by atoms with Crippen molar-refractivity contribution in [1.82, 2.24) is 10.2 Å². The molecule has 2 aliphatic rings. The van der Waals surface area contributed by atoms with Crippen LogP contribution in [0.4, 0.5) is 13.2 Å². The number of piperidine rings is 2. The van der Waals surface area contributed by atoms with Crippen molar-refractivity contribution < 1.29 is 18.0 Å². The van der Waals surface area contributed by atoms with Crippen molar-refractivity contribution in [1.29, 1.82) is 0 Å². The second-order valence-corrected chi connectivity index (χ2v) is 6.56. The highest BCUT2D eigenvalue weighted by molar-refractivity contribution is 5.85. The van der Waals surface area contributed by atoms with Gasteiger partial charge >= 0.3 is 6.18 Å². The number of amides is 1. The third-order valence-corrected chi connectivity index (χ3v) is 5.01. The van der Waals surface area contributed by atoms with Crippen LogP contribution in [0.3, 0.4) is 0 Å². The maximum absolute atomic E-state index is 12.9. The van der Waals surface area contributed by atoms with Crippen LogP contribution in [-0.2, 0) is 17.5 Å². The van der Waals surface area contributed by atoms with Crippen LogP contribution in [0.25, 0.3) is 0 Å². The first-order valence-corrected chi connectivity index (χ1v) is 8.07. The highest BCUT2D eigenvalue weighted by atomic mass is 35.5. The number of likely N-dealkylation sites (tertiary alicyclic amines) is 1. The maximum atomic E-state index is 12.9. The molecule has 3 rings (SSSR count). The molecule has 2 saturated heterocycles. The number of hydrogen-bond acceptors (Lipinski definition) is 2. The molecular weight excluding hydrogens is 341 g/mol. The molecule has 0 radical (unpaired) electrons. The molecule has 0 bridgehead atoms. The van der Waals surface area contributed by atoms with Crippen molar-refractivity contribution in [2.45, 2.75) is 38.4 Å². The molecule has 0 aliphatic carbocycles. The summed E-state index contributed by atoms with van der Waals surface area (Å²) < 4.78 is 38.5. The molecule has 0 atom stereocenters. The number of hydrogen-bond donors (Lipinski definition) is 1. The molecule has 1 amide bonds. The topological polar surface area (TPSA) is 32.3 Å². The average Bonchev–Trinajstić information content (AvgIpc) is 2.53. The third-order valence-electron chi connectivity index (χ3n) is 5.01. The molecular formula is C17H22ClF3N2O. The number of carbonyl (C=O) groups excluding carboxylic acids is 1. The van der Waals surface area contributed by atoms with E-state index in [1.165, 1.54) is 6.07 Å². The van der Waals surface area contributed by atoms with Gasteiger partial charge in [0.15, 0.2) is 0 Å². The van der Waals surface area contributed by atoms with E-state index in [2.05, 4.69) is 5.32 Å². The number of alkyl halides is 3. The minimum Gasteiger partial charge on any atom is -0.338 e. The highest BCUT2D eigenvalue weighted by Crippen LogP contribution is 2.39. The minimum atomic E-state index is -4.35. The molecule has 2 heterocycles. The largest absolute Gasteiger partial charge is 0.416 e. The van der Waals surface area contributed by atoms with E-state index in [0.717, 1.165) is 50.9 Å². The number of rotatable bonds is 2. The normalized spacial score (nSPS) is 20.8. The zero-order chi connectivity index (χ0) is 16.5. The standard InChI is InChI=1S/C17H21F3N2O.ClH/c18-17(19,20)14-4-1-3-13(11-14)12-22-10-2-5-16(15(22)23)6-8-21-9-7-16;/h1,3-4,11,21H,2,5-10,12H2;1H. The second-order valence-electron chi connectivity index (χ2n) is 6.56. The van der Waals surface area contributed by atoms with E-state index in [1.54, 1.807) is 11.0 Å². The molecule has 3 nitrogen and oxygen atoms in total. The first kappa shape index (κ1) is 19.1. The Morgan fingerprint density at radius 1 is 1.17 bits per heavy atom. The Morgan fingerprint density at radius 2 is 1.88 bits per heavy atom. The van der Waals surface area contributed by atoms with Crippen molar-refractivity contribution in [2.75, 3.05) is 19.6 Å².